The summed E-state index contributed by atoms with van der Waals surface area (Å²) in [5.74, 6) is 1.16. The molecule has 0 fully saturated rings. The van der Waals surface area contributed by atoms with Gasteiger partial charge in [-0.15, -0.1) is 0 Å². The normalized spacial score (nSPS) is 15.1. The number of hydrogen-bond acceptors (Lipinski definition) is 8. The van der Waals surface area contributed by atoms with Crippen LogP contribution in [0.1, 0.15) is 51.8 Å². The molecule has 2 aromatic carbocycles. The van der Waals surface area contributed by atoms with Crippen LogP contribution < -0.4 is 29.1 Å². The summed E-state index contributed by atoms with van der Waals surface area (Å²) in [6.07, 6.45) is 1.69. The van der Waals surface area contributed by atoms with Crippen LogP contribution in [0.5, 0.6) is 17.2 Å². The van der Waals surface area contributed by atoms with Crippen molar-refractivity contribution in [1.29, 1.82) is 0 Å². The first-order chi connectivity index (χ1) is 19.1. The van der Waals surface area contributed by atoms with Crippen molar-refractivity contribution in [2.45, 2.75) is 46.8 Å². The van der Waals surface area contributed by atoms with Crippen LogP contribution in [0.25, 0.3) is 6.08 Å². The number of ether oxygens (including phenoxy) is 4. The van der Waals surface area contributed by atoms with E-state index in [9.17, 15) is 9.59 Å². The zero-order chi connectivity index (χ0) is 29.1. The largest absolute Gasteiger partial charge is 0.493 e. The molecule has 0 N–H and O–H groups in total. The van der Waals surface area contributed by atoms with E-state index in [1.54, 1.807) is 51.3 Å². The number of allylic oxidation sites excluding steroid dienone is 1. The molecule has 11 heteroatoms. The first-order valence-corrected chi connectivity index (χ1v) is 15.0. The quantitative estimate of drug-likeness (QED) is 0.225. The minimum atomic E-state index is -0.787. The summed E-state index contributed by atoms with van der Waals surface area (Å²) in [6, 6.07) is 8.17. The van der Waals surface area contributed by atoms with Crippen molar-refractivity contribution in [1.82, 2.24) is 4.57 Å². The van der Waals surface area contributed by atoms with Gasteiger partial charge < -0.3 is 18.9 Å². The van der Waals surface area contributed by atoms with Gasteiger partial charge in [-0.2, -0.15) is 0 Å². The predicted octanol–water partition coefficient (Wildman–Crippen LogP) is 5.25. The van der Waals surface area contributed by atoms with Crippen LogP contribution in [0.15, 0.2) is 51.4 Å². The van der Waals surface area contributed by atoms with Crippen LogP contribution in [0.3, 0.4) is 0 Å². The molecule has 212 valence electrons. The average Bonchev–Trinajstić information content (AvgIpc) is 3.19. The molecular formula is C29H30ClIN2O6S. The van der Waals surface area contributed by atoms with Crippen molar-refractivity contribution in [3.8, 4) is 17.2 Å². The zero-order valence-electron chi connectivity index (χ0n) is 23.0. The Morgan fingerprint density at radius 3 is 2.60 bits per heavy atom. The van der Waals surface area contributed by atoms with Crippen molar-refractivity contribution in [2.24, 2.45) is 4.99 Å². The van der Waals surface area contributed by atoms with E-state index in [-0.39, 0.29) is 23.8 Å². The Balaban J connectivity index is 1.97. The summed E-state index contributed by atoms with van der Waals surface area (Å²) < 4.78 is 25.5. The number of halogens is 2. The van der Waals surface area contributed by atoms with Gasteiger partial charge in [-0.05, 0) is 93.1 Å². The summed E-state index contributed by atoms with van der Waals surface area (Å²) in [7, 11) is 1.55. The first-order valence-electron chi connectivity index (χ1n) is 12.8. The third-order valence-electron chi connectivity index (χ3n) is 6.00. The van der Waals surface area contributed by atoms with Crippen LogP contribution in [-0.4, -0.2) is 37.0 Å². The molecule has 1 atom stereocenters. The second kappa shape index (κ2) is 12.8. The number of carbonyl (C=O) groups excluding carboxylic acids is 1. The van der Waals surface area contributed by atoms with Gasteiger partial charge in [0, 0.05) is 10.6 Å². The SMILES string of the molecule is CCOC(=O)C1=C(C)N=c2s/c(=C/c3cc(Cl)cc(I)c3OCC)c(=O)n2[C@@H]1c1ccc(OC(C)C)c(OC)c1. The lowest BCUT2D eigenvalue weighted by molar-refractivity contribution is -0.139. The van der Waals surface area contributed by atoms with Crippen molar-refractivity contribution in [2.75, 3.05) is 20.3 Å². The fraction of sp³-hybridized carbons (Fsp3) is 0.345. The molecule has 1 aliphatic heterocycles. The Hall–Kier alpha value is -2.83. The highest BCUT2D eigenvalue weighted by atomic mass is 127. The number of methoxy groups -OCH3 is 1. The topological polar surface area (TPSA) is 88.4 Å². The number of rotatable bonds is 9. The summed E-state index contributed by atoms with van der Waals surface area (Å²) >= 11 is 9.74. The second-order valence-electron chi connectivity index (χ2n) is 9.12. The molecule has 8 nitrogen and oxygen atoms in total. The van der Waals surface area contributed by atoms with Gasteiger partial charge in [0.15, 0.2) is 16.3 Å². The van der Waals surface area contributed by atoms with Crippen LogP contribution >= 0.6 is 45.5 Å². The Morgan fingerprint density at radius 2 is 1.95 bits per heavy atom. The molecule has 0 saturated carbocycles. The van der Waals surface area contributed by atoms with E-state index in [1.165, 1.54) is 15.9 Å². The number of nitrogens with zero attached hydrogens (tertiary/aromatic N) is 2. The average molecular weight is 697 g/mol. The molecule has 4 rings (SSSR count). The van der Waals surface area contributed by atoms with Gasteiger partial charge in [-0.25, -0.2) is 9.79 Å². The number of aromatic nitrogens is 1. The van der Waals surface area contributed by atoms with Crippen molar-refractivity contribution in [3.63, 3.8) is 0 Å². The molecule has 0 bridgehead atoms. The van der Waals surface area contributed by atoms with E-state index in [0.29, 0.717) is 55.0 Å². The Labute approximate surface area is 255 Å². The van der Waals surface area contributed by atoms with Gasteiger partial charge in [-0.3, -0.25) is 9.36 Å². The number of esters is 1. The van der Waals surface area contributed by atoms with Crippen molar-refractivity contribution in [3.05, 3.63) is 81.0 Å². The molecule has 1 aromatic heterocycles. The zero-order valence-corrected chi connectivity index (χ0v) is 26.8. The Morgan fingerprint density at radius 1 is 1.20 bits per heavy atom. The van der Waals surface area contributed by atoms with Crippen LogP contribution in [0.2, 0.25) is 5.02 Å². The number of fused-ring (bicyclic) bond motifs is 1. The highest BCUT2D eigenvalue weighted by molar-refractivity contribution is 14.1. The predicted molar refractivity (Wildman–Crippen MR) is 164 cm³/mol. The van der Waals surface area contributed by atoms with Gasteiger partial charge in [0.2, 0.25) is 0 Å². The van der Waals surface area contributed by atoms with Crippen LogP contribution in [0, 0.1) is 3.57 Å². The molecule has 0 spiro atoms. The van der Waals surface area contributed by atoms with Gasteiger partial charge >= 0.3 is 5.97 Å². The number of hydrogen-bond donors (Lipinski definition) is 0. The highest BCUT2D eigenvalue weighted by Gasteiger charge is 2.34. The van der Waals surface area contributed by atoms with E-state index in [0.717, 1.165) is 3.57 Å². The van der Waals surface area contributed by atoms with Gasteiger partial charge in [-0.1, -0.05) is 29.0 Å². The maximum Gasteiger partial charge on any atom is 0.338 e. The van der Waals surface area contributed by atoms with Crippen molar-refractivity contribution >= 4 is 57.6 Å². The van der Waals surface area contributed by atoms with Crippen LogP contribution in [0.4, 0.5) is 0 Å². The smallest absolute Gasteiger partial charge is 0.338 e. The van der Waals surface area contributed by atoms with Gasteiger partial charge in [0.05, 0.1) is 51.8 Å². The fourth-order valence-electron chi connectivity index (χ4n) is 4.44. The summed E-state index contributed by atoms with van der Waals surface area (Å²) in [5, 5.41) is 0.529. The summed E-state index contributed by atoms with van der Waals surface area (Å²) in [4.78, 5) is 32.3. The minimum absolute atomic E-state index is 0.0641. The molecule has 0 amide bonds. The Bertz CT molecular complexity index is 1660. The van der Waals surface area contributed by atoms with E-state index in [4.69, 9.17) is 30.5 Å². The fourth-order valence-corrected chi connectivity index (χ4v) is 6.69. The lowest BCUT2D eigenvalue weighted by atomic mass is 9.95. The number of carbonyl (C=O) groups is 1. The molecule has 0 saturated heterocycles. The third kappa shape index (κ3) is 6.08. The van der Waals surface area contributed by atoms with Crippen molar-refractivity contribution < 1.29 is 23.7 Å². The van der Waals surface area contributed by atoms with Crippen LogP contribution in [-0.2, 0) is 9.53 Å². The molecule has 2 heterocycles. The monoisotopic (exact) mass is 696 g/mol. The van der Waals surface area contributed by atoms with E-state index >= 15 is 0 Å². The number of thiazole rings is 1. The lowest BCUT2D eigenvalue weighted by Crippen LogP contribution is -2.40. The van der Waals surface area contributed by atoms with Gasteiger partial charge in [0.1, 0.15) is 5.75 Å². The summed E-state index contributed by atoms with van der Waals surface area (Å²) in [6.45, 7) is 9.87. The molecule has 0 aliphatic carbocycles. The van der Waals surface area contributed by atoms with E-state index in [1.807, 2.05) is 26.8 Å². The molecule has 1 aliphatic rings. The highest BCUT2D eigenvalue weighted by Crippen LogP contribution is 2.37. The Kier molecular flexibility index (Phi) is 9.63. The standard InChI is InChI=1S/C29H30ClIN2O6S/c1-7-37-26-18(11-19(30)14-20(26)31)13-23-27(34)33-25(17-9-10-21(39-15(3)4)22(12-17)36-6)24(28(35)38-8-2)16(5)32-29(33)40-23/h9-15,25H,7-8H2,1-6H3/b23-13+/t25-/m1/s1. The van der Waals surface area contributed by atoms with E-state index < -0.39 is 12.0 Å². The van der Waals surface area contributed by atoms with Gasteiger partial charge in [0.25, 0.3) is 5.56 Å². The molecule has 0 radical (unpaired) electrons. The molecular weight excluding hydrogens is 667 g/mol. The number of benzene rings is 2. The minimum Gasteiger partial charge on any atom is -0.493 e. The maximum absolute atomic E-state index is 14.0. The maximum atomic E-state index is 14.0. The second-order valence-corrected chi connectivity index (χ2v) is 11.7. The van der Waals surface area contributed by atoms with E-state index in [2.05, 4.69) is 27.6 Å². The molecule has 3 aromatic rings. The first kappa shape index (κ1) is 30.1. The third-order valence-corrected chi connectivity index (χ3v) is 8.00. The molecule has 0 unspecified atom stereocenters. The summed E-state index contributed by atoms with van der Waals surface area (Å²) in [5.41, 5.74) is 1.80. The molecule has 40 heavy (non-hydrogen) atoms. The lowest BCUT2D eigenvalue weighted by Gasteiger charge is -2.25.